The van der Waals surface area contributed by atoms with Crippen molar-refractivity contribution in [2.75, 3.05) is 18.6 Å². The fourth-order valence-electron chi connectivity index (χ4n) is 3.34. The van der Waals surface area contributed by atoms with Gasteiger partial charge in [-0.25, -0.2) is 8.42 Å². The predicted octanol–water partition coefficient (Wildman–Crippen LogP) is 2.08. The minimum atomic E-state index is -3.69. The van der Waals surface area contributed by atoms with Gasteiger partial charge in [0.15, 0.2) is 11.5 Å². The number of hydrogen-bond acceptors (Lipinski definition) is 8. The second-order valence-electron chi connectivity index (χ2n) is 6.71. The van der Waals surface area contributed by atoms with Crippen LogP contribution in [0.15, 0.2) is 36.4 Å². The number of nitro benzene ring substituents is 1. The zero-order valence-electron chi connectivity index (χ0n) is 16.1. The Morgan fingerprint density at radius 1 is 1.20 bits per heavy atom. The Morgan fingerprint density at radius 2 is 1.90 bits per heavy atom. The Kier molecular flexibility index (Phi) is 5.49. The van der Waals surface area contributed by atoms with Crippen molar-refractivity contribution < 1.29 is 32.8 Å². The van der Waals surface area contributed by atoms with Crippen LogP contribution in [0.3, 0.4) is 0 Å². The van der Waals surface area contributed by atoms with E-state index in [1.807, 2.05) is 0 Å². The largest absolute Gasteiger partial charge is 0.504 e. The van der Waals surface area contributed by atoms with Crippen molar-refractivity contribution in [2.24, 2.45) is 0 Å². The zero-order chi connectivity index (χ0) is 22.2. The Labute approximate surface area is 171 Å². The molecule has 158 valence electrons. The summed E-state index contributed by atoms with van der Waals surface area (Å²) >= 11 is 0. The molecule has 0 saturated carbocycles. The maximum Gasteiger partial charge on any atom is 0.282 e. The first-order valence-corrected chi connectivity index (χ1v) is 10.9. The second-order valence-corrected chi connectivity index (χ2v) is 8.89. The van der Waals surface area contributed by atoms with Crippen molar-refractivity contribution in [3.8, 4) is 11.5 Å². The van der Waals surface area contributed by atoms with E-state index in [1.54, 1.807) is 6.92 Å². The van der Waals surface area contributed by atoms with Crippen molar-refractivity contribution in [1.29, 1.82) is 0 Å². The van der Waals surface area contributed by atoms with E-state index in [1.165, 1.54) is 30.3 Å². The summed E-state index contributed by atoms with van der Waals surface area (Å²) in [5, 5.41) is 21.2. The number of imide groups is 1. The number of benzene rings is 2. The molecule has 2 aromatic carbocycles. The smallest absolute Gasteiger partial charge is 0.282 e. The molecular weight excluding hydrogens is 416 g/mol. The fourth-order valence-corrected chi connectivity index (χ4v) is 4.25. The van der Waals surface area contributed by atoms with Crippen LogP contribution < -0.4 is 4.74 Å². The number of phenolic OH excluding ortho intramolecular Hbond substituents is 1. The minimum absolute atomic E-state index is 0.0519. The minimum Gasteiger partial charge on any atom is -0.504 e. The Balaban J connectivity index is 2.16. The topological polar surface area (TPSA) is 144 Å². The van der Waals surface area contributed by atoms with E-state index in [0.29, 0.717) is 4.90 Å². The summed E-state index contributed by atoms with van der Waals surface area (Å²) < 4.78 is 29.5. The predicted molar refractivity (Wildman–Crippen MR) is 105 cm³/mol. The highest BCUT2D eigenvalue weighted by Gasteiger charge is 2.45. The number of sulfone groups is 1. The number of carbonyl (C=O) groups is 2. The standard InChI is InChI=1S/C19H18N2O8S/c1-3-29-16-9-11(7-8-15(16)22)14(10-30(2,27)28)20-18(23)12-5-4-6-13(21(25)26)17(12)19(20)24/h4-9,14,22H,3,10H2,1-2H3. The van der Waals surface area contributed by atoms with Gasteiger partial charge in [0, 0.05) is 12.3 Å². The van der Waals surface area contributed by atoms with Crippen LogP contribution >= 0.6 is 0 Å². The van der Waals surface area contributed by atoms with Gasteiger partial charge in [-0.05, 0) is 30.7 Å². The van der Waals surface area contributed by atoms with E-state index in [9.17, 15) is 33.2 Å². The number of nitrogens with zero attached hydrogens (tertiary/aromatic N) is 2. The van der Waals surface area contributed by atoms with Gasteiger partial charge < -0.3 is 9.84 Å². The molecule has 0 bridgehead atoms. The van der Waals surface area contributed by atoms with E-state index < -0.39 is 44.1 Å². The number of phenols is 1. The van der Waals surface area contributed by atoms with Crippen LogP contribution in [0.25, 0.3) is 0 Å². The van der Waals surface area contributed by atoms with E-state index in [0.717, 1.165) is 12.3 Å². The van der Waals surface area contributed by atoms with Crippen LogP contribution in [-0.4, -0.2) is 53.8 Å². The SMILES string of the molecule is CCOc1cc(C(CS(C)(=O)=O)N2C(=O)c3cccc([N+](=O)[O-])c3C2=O)ccc1O. The van der Waals surface area contributed by atoms with Gasteiger partial charge in [-0.1, -0.05) is 12.1 Å². The molecule has 1 aliphatic heterocycles. The summed E-state index contributed by atoms with van der Waals surface area (Å²) in [7, 11) is -3.69. The van der Waals surface area contributed by atoms with Gasteiger partial charge in [-0.3, -0.25) is 24.6 Å². The summed E-state index contributed by atoms with van der Waals surface area (Å²) in [5.41, 5.74) is -0.864. The molecule has 10 nitrogen and oxygen atoms in total. The molecule has 0 saturated heterocycles. The van der Waals surface area contributed by atoms with Crippen LogP contribution in [0.4, 0.5) is 5.69 Å². The lowest BCUT2D eigenvalue weighted by molar-refractivity contribution is -0.385. The van der Waals surface area contributed by atoms with Crippen LogP contribution in [0, 0.1) is 10.1 Å². The summed E-state index contributed by atoms with van der Waals surface area (Å²) in [6.07, 6.45) is 0.949. The van der Waals surface area contributed by atoms with Gasteiger partial charge in [0.25, 0.3) is 17.5 Å². The first-order chi connectivity index (χ1) is 14.0. The third kappa shape index (κ3) is 3.83. The monoisotopic (exact) mass is 434 g/mol. The number of amides is 2. The van der Waals surface area contributed by atoms with Gasteiger partial charge in [0.05, 0.1) is 28.9 Å². The van der Waals surface area contributed by atoms with Crippen molar-refractivity contribution in [1.82, 2.24) is 4.90 Å². The molecule has 1 unspecified atom stereocenters. The quantitative estimate of drug-likeness (QED) is 0.396. The first-order valence-electron chi connectivity index (χ1n) is 8.84. The van der Waals surface area contributed by atoms with Gasteiger partial charge >= 0.3 is 0 Å². The number of carbonyl (C=O) groups excluding carboxylic acids is 2. The average Bonchev–Trinajstić information content (AvgIpc) is 2.92. The molecule has 0 radical (unpaired) electrons. The molecule has 1 N–H and O–H groups in total. The van der Waals surface area contributed by atoms with E-state index in [4.69, 9.17) is 4.74 Å². The molecule has 2 aromatic rings. The highest BCUT2D eigenvalue weighted by molar-refractivity contribution is 7.90. The Morgan fingerprint density at radius 3 is 2.50 bits per heavy atom. The molecule has 3 rings (SSSR count). The van der Waals surface area contributed by atoms with Gasteiger partial charge in [-0.15, -0.1) is 0 Å². The van der Waals surface area contributed by atoms with Gasteiger partial charge in [0.1, 0.15) is 15.4 Å². The highest BCUT2D eigenvalue weighted by atomic mass is 32.2. The number of ether oxygens (including phenoxy) is 1. The third-order valence-corrected chi connectivity index (χ3v) is 5.48. The van der Waals surface area contributed by atoms with Crippen LogP contribution in [0.1, 0.15) is 39.2 Å². The number of nitro groups is 1. The number of hydrogen-bond donors (Lipinski definition) is 1. The lowest BCUT2D eigenvalue weighted by Gasteiger charge is -2.26. The Hall–Kier alpha value is -3.47. The van der Waals surface area contributed by atoms with E-state index >= 15 is 0 Å². The van der Waals surface area contributed by atoms with Gasteiger partial charge in [0.2, 0.25) is 0 Å². The van der Waals surface area contributed by atoms with Crippen molar-refractivity contribution in [2.45, 2.75) is 13.0 Å². The molecule has 0 aliphatic carbocycles. The normalized spacial score (nSPS) is 14.5. The van der Waals surface area contributed by atoms with Crippen molar-refractivity contribution in [3.05, 3.63) is 63.2 Å². The number of rotatable bonds is 7. The van der Waals surface area contributed by atoms with Crippen LogP contribution in [0.5, 0.6) is 11.5 Å². The third-order valence-electron chi connectivity index (χ3n) is 4.56. The van der Waals surface area contributed by atoms with E-state index in [-0.39, 0.29) is 34.8 Å². The molecule has 0 aromatic heterocycles. The summed E-state index contributed by atoms with van der Waals surface area (Å²) in [6, 6.07) is 6.36. The Bertz CT molecular complexity index is 1160. The lowest BCUT2D eigenvalue weighted by atomic mass is 10.1. The van der Waals surface area contributed by atoms with Crippen LogP contribution in [0.2, 0.25) is 0 Å². The molecule has 1 atom stereocenters. The highest BCUT2D eigenvalue weighted by Crippen LogP contribution is 2.38. The molecular formula is C19H18N2O8S. The lowest BCUT2D eigenvalue weighted by Crippen LogP contribution is -2.37. The molecule has 2 amide bonds. The molecule has 1 aliphatic rings. The first kappa shape index (κ1) is 21.2. The maximum absolute atomic E-state index is 13.0. The van der Waals surface area contributed by atoms with E-state index in [2.05, 4.69) is 0 Å². The summed E-state index contributed by atoms with van der Waals surface area (Å²) in [5.74, 6) is -2.55. The maximum atomic E-state index is 13.0. The van der Waals surface area contributed by atoms with Gasteiger partial charge in [-0.2, -0.15) is 0 Å². The molecule has 1 heterocycles. The van der Waals surface area contributed by atoms with Crippen molar-refractivity contribution >= 4 is 27.3 Å². The molecule has 0 spiro atoms. The van der Waals surface area contributed by atoms with Crippen molar-refractivity contribution in [3.63, 3.8) is 0 Å². The second kappa shape index (κ2) is 7.75. The fraction of sp³-hybridized carbons (Fsp3) is 0.263. The van der Waals surface area contributed by atoms with Crippen LogP contribution in [-0.2, 0) is 9.84 Å². The molecule has 30 heavy (non-hydrogen) atoms. The summed E-state index contributed by atoms with van der Waals surface area (Å²) in [4.78, 5) is 37.3. The summed E-state index contributed by atoms with van der Waals surface area (Å²) in [6.45, 7) is 1.90. The zero-order valence-corrected chi connectivity index (χ0v) is 16.9. The number of fused-ring (bicyclic) bond motifs is 1. The molecule has 0 fully saturated rings. The molecule has 11 heteroatoms. The average molecular weight is 434 g/mol. The number of aromatic hydroxyl groups is 1.